The van der Waals surface area contributed by atoms with Gasteiger partial charge in [-0.05, 0) is 0 Å². The zero-order valence-electron chi connectivity index (χ0n) is 10.1. The Hall–Kier alpha value is -0.990. The van der Waals surface area contributed by atoms with Crippen LogP contribution < -0.4 is 0 Å². The summed E-state index contributed by atoms with van der Waals surface area (Å²) in [6, 6.07) is 0. The molecule has 0 aromatic carbocycles. The van der Waals surface area contributed by atoms with E-state index in [0.29, 0.717) is 0 Å². The summed E-state index contributed by atoms with van der Waals surface area (Å²) < 4.78 is 162. The van der Waals surface area contributed by atoms with Gasteiger partial charge in [-0.2, -0.15) is 57.1 Å². The van der Waals surface area contributed by atoms with Gasteiger partial charge in [-0.25, -0.2) is 0 Å². The summed E-state index contributed by atoms with van der Waals surface area (Å²) in [5.41, 5.74) is 0. The normalized spacial score (nSPS) is 17.3. The summed E-state index contributed by atoms with van der Waals surface area (Å²) in [7, 11) is 0. The van der Waals surface area contributed by atoms with Crippen LogP contribution in [0.1, 0.15) is 0 Å². The summed E-state index contributed by atoms with van der Waals surface area (Å²) in [4.78, 5) is 0. The molecular weight excluding hydrogens is 375 g/mol. The van der Waals surface area contributed by atoms with Crippen LogP contribution in [-0.4, -0.2) is 58.7 Å². The van der Waals surface area contributed by atoms with Crippen molar-refractivity contribution >= 4 is 0 Å². The van der Waals surface area contributed by atoms with E-state index in [2.05, 4.69) is 0 Å². The fourth-order valence-corrected chi connectivity index (χ4v) is 1.11. The molecule has 0 saturated carbocycles. The van der Waals surface area contributed by atoms with Crippen molar-refractivity contribution in [3.05, 3.63) is 0 Å². The number of hydrogen-bond acceptors (Lipinski definition) is 2. The number of rotatable bonds is 6. The van der Waals surface area contributed by atoms with Gasteiger partial charge in [0, 0.05) is 0 Å². The van der Waals surface area contributed by atoms with Gasteiger partial charge in [0.2, 0.25) is 0 Å². The Labute approximate surface area is 117 Å². The SMILES string of the molecule is OC[C@H](O)C(F)(F)C(F)(F)C(F)(F)C(F)(F)C(F)(F)C(F)(F)F. The van der Waals surface area contributed by atoms with Gasteiger partial charge >= 0.3 is 35.8 Å². The van der Waals surface area contributed by atoms with Gasteiger partial charge in [0.25, 0.3) is 0 Å². The van der Waals surface area contributed by atoms with E-state index in [-0.39, 0.29) is 0 Å². The Morgan fingerprint density at radius 1 is 0.565 bits per heavy atom. The maximum atomic E-state index is 12.9. The Balaban J connectivity index is 6.25. The summed E-state index contributed by atoms with van der Waals surface area (Å²) in [6.45, 7) is -2.42. The molecular formula is C8H5F13O2. The highest BCUT2D eigenvalue weighted by Crippen LogP contribution is 2.60. The molecule has 0 saturated heterocycles. The maximum absolute atomic E-state index is 12.9. The van der Waals surface area contributed by atoms with Gasteiger partial charge in [0.1, 0.15) is 6.10 Å². The van der Waals surface area contributed by atoms with Crippen molar-refractivity contribution in [2.24, 2.45) is 0 Å². The van der Waals surface area contributed by atoms with Gasteiger partial charge < -0.3 is 10.2 Å². The van der Waals surface area contributed by atoms with Crippen molar-refractivity contribution in [2.45, 2.75) is 41.9 Å². The number of aliphatic hydroxyl groups excluding tert-OH is 2. The van der Waals surface area contributed by atoms with E-state index in [1.54, 1.807) is 0 Å². The Morgan fingerprint density at radius 3 is 1.13 bits per heavy atom. The molecule has 0 bridgehead atoms. The second-order valence-corrected chi connectivity index (χ2v) is 4.12. The predicted molar refractivity (Wildman–Crippen MR) is 43.9 cm³/mol. The van der Waals surface area contributed by atoms with Crippen LogP contribution in [0.25, 0.3) is 0 Å². The molecule has 23 heavy (non-hydrogen) atoms. The fraction of sp³-hybridized carbons (Fsp3) is 1.00. The average Bonchev–Trinajstić information content (AvgIpc) is 2.35. The molecule has 140 valence electrons. The van der Waals surface area contributed by atoms with Crippen LogP contribution in [0.3, 0.4) is 0 Å². The van der Waals surface area contributed by atoms with E-state index in [9.17, 15) is 57.1 Å². The number of halogens is 13. The zero-order valence-corrected chi connectivity index (χ0v) is 10.1. The Bertz CT molecular complexity index is 426. The first-order chi connectivity index (χ1) is 9.73. The van der Waals surface area contributed by atoms with Gasteiger partial charge in [0.15, 0.2) is 0 Å². The van der Waals surface area contributed by atoms with Crippen LogP contribution in [0, 0.1) is 0 Å². The molecule has 0 heterocycles. The first kappa shape index (κ1) is 22.0. The van der Waals surface area contributed by atoms with E-state index in [1.165, 1.54) is 0 Å². The molecule has 0 aromatic heterocycles. The highest BCUT2D eigenvalue weighted by atomic mass is 19.4. The molecule has 0 aromatic rings. The largest absolute Gasteiger partial charge is 0.460 e. The summed E-state index contributed by atoms with van der Waals surface area (Å²) in [6.07, 6.45) is -11.6. The molecule has 2 N–H and O–H groups in total. The third kappa shape index (κ3) is 2.81. The Morgan fingerprint density at radius 2 is 0.870 bits per heavy atom. The molecule has 0 amide bonds. The quantitative estimate of drug-likeness (QED) is 0.696. The van der Waals surface area contributed by atoms with E-state index in [0.717, 1.165) is 0 Å². The third-order valence-electron chi connectivity index (χ3n) is 2.55. The number of alkyl halides is 13. The molecule has 1 atom stereocenters. The van der Waals surface area contributed by atoms with Crippen molar-refractivity contribution < 1.29 is 67.3 Å². The predicted octanol–water partition coefficient (Wildman–Crippen LogP) is 3.08. The third-order valence-corrected chi connectivity index (χ3v) is 2.55. The zero-order chi connectivity index (χ0) is 19.3. The summed E-state index contributed by atoms with van der Waals surface area (Å²) >= 11 is 0. The van der Waals surface area contributed by atoms with Crippen molar-refractivity contribution in [1.82, 2.24) is 0 Å². The topological polar surface area (TPSA) is 40.5 Å². The Kier molecular flexibility index (Phi) is 5.29. The highest BCUT2D eigenvalue weighted by molar-refractivity contribution is 5.11. The van der Waals surface area contributed by atoms with E-state index in [4.69, 9.17) is 10.2 Å². The van der Waals surface area contributed by atoms with Crippen LogP contribution in [-0.2, 0) is 0 Å². The van der Waals surface area contributed by atoms with Gasteiger partial charge in [0.05, 0.1) is 6.61 Å². The van der Waals surface area contributed by atoms with Gasteiger partial charge in [-0.3, -0.25) is 0 Å². The second kappa shape index (κ2) is 5.53. The number of hydrogen-bond donors (Lipinski definition) is 2. The van der Waals surface area contributed by atoms with Crippen LogP contribution in [0.15, 0.2) is 0 Å². The maximum Gasteiger partial charge on any atom is 0.460 e. The minimum Gasteiger partial charge on any atom is -0.393 e. The molecule has 0 aliphatic heterocycles. The monoisotopic (exact) mass is 380 g/mol. The molecule has 0 fully saturated rings. The van der Waals surface area contributed by atoms with Gasteiger partial charge in [-0.15, -0.1) is 0 Å². The molecule has 15 heteroatoms. The van der Waals surface area contributed by atoms with Crippen LogP contribution in [0.4, 0.5) is 57.1 Å². The van der Waals surface area contributed by atoms with Crippen molar-refractivity contribution in [2.75, 3.05) is 6.61 Å². The van der Waals surface area contributed by atoms with Crippen molar-refractivity contribution in [1.29, 1.82) is 0 Å². The second-order valence-electron chi connectivity index (χ2n) is 4.12. The first-order valence-electron chi connectivity index (χ1n) is 4.98. The smallest absolute Gasteiger partial charge is 0.393 e. The molecule has 0 radical (unpaired) electrons. The van der Waals surface area contributed by atoms with Crippen LogP contribution >= 0.6 is 0 Å². The minimum atomic E-state index is -8.01. The summed E-state index contributed by atoms with van der Waals surface area (Å²) in [5.74, 6) is -38.0. The molecule has 0 unspecified atom stereocenters. The first-order valence-corrected chi connectivity index (χ1v) is 4.98. The average molecular weight is 380 g/mol. The number of aliphatic hydroxyl groups is 2. The fourth-order valence-electron chi connectivity index (χ4n) is 1.11. The lowest BCUT2D eigenvalue weighted by Crippen LogP contribution is -2.71. The lowest BCUT2D eigenvalue weighted by atomic mass is 9.92. The van der Waals surface area contributed by atoms with Crippen LogP contribution in [0.2, 0.25) is 0 Å². The van der Waals surface area contributed by atoms with Crippen molar-refractivity contribution in [3.8, 4) is 0 Å². The molecule has 2 nitrogen and oxygen atoms in total. The molecule has 0 rings (SSSR count). The lowest BCUT2D eigenvalue weighted by molar-refractivity contribution is -0.444. The van der Waals surface area contributed by atoms with Crippen LogP contribution in [0.5, 0.6) is 0 Å². The van der Waals surface area contributed by atoms with Crippen molar-refractivity contribution in [3.63, 3.8) is 0 Å². The highest BCUT2D eigenvalue weighted by Gasteiger charge is 2.91. The minimum absolute atomic E-state index is 2.42. The summed E-state index contributed by atoms with van der Waals surface area (Å²) in [5, 5.41) is 16.2. The lowest BCUT2D eigenvalue weighted by Gasteiger charge is -2.40. The molecule has 0 spiro atoms. The standard InChI is InChI=1S/C8H5F13O2/c9-3(10,2(23)1-22)4(11,12)5(13,14)6(15,16)7(17,18)8(19,20)21/h2,22-23H,1H2/t2-/m0/s1. The molecule has 0 aliphatic rings. The van der Waals surface area contributed by atoms with E-state index >= 15 is 0 Å². The molecule has 0 aliphatic carbocycles. The van der Waals surface area contributed by atoms with Gasteiger partial charge in [-0.1, -0.05) is 0 Å². The van der Waals surface area contributed by atoms with E-state index in [1.807, 2.05) is 0 Å². The van der Waals surface area contributed by atoms with E-state index < -0.39 is 48.5 Å².